The molecule has 7 heteroatoms. The number of halogens is 1. The Labute approximate surface area is 148 Å². The number of ketones is 1. The minimum atomic E-state index is -0.673. The van der Waals surface area contributed by atoms with Crippen molar-refractivity contribution < 1.29 is 14.3 Å². The number of rotatable bonds is 9. The summed E-state index contributed by atoms with van der Waals surface area (Å²) in [5, 5.41) is 3.11. The zero-order chi connectivity index (χ0) is 18.3. The average Bonchev–Trinajstić information content (AvgIpc) is 2.54. The molecule has 1 aromatic rings. The molecule has 0 bridgehead atoms. The molecule has 0 aromatic heterocycles. The first-order valence-electron chi connectivity index (χ1n) is 8.06. The van der Waals surface area contributed by atoms with Crippen LogP contribution in [0.1, 0.15) is 38.1 Å². The molecule has 1 amide bonds. The second-order valence-electron chi connectivity index (χ2n) is 5.52. The maximum Gasteiger partial charge on any atom is 0.255 e. The number of nitrogens with one attached hydrogen (secondary N) is 1. The number of carbonyl (C=O) groups is 2. The molecule has 0 radical (unpaired) electrons. The molecule has 1 atom stereocenters. The van der Waals surface area contributed by atoms with Crippen molar-refractivity contribution in [1.82, 2.24) is 10.2 Å². The highest BCUT2D eigenvalue weighted by atomic mass is 35.5. The summed E-state index contributed by atoms with van der Waals surface area (Å²) in [5.41, 5.74) is 6.34. The second-order valence-corrected chi connectivity index (χ2v) is 5.93. The molecule has 1 unspecified atom stereocenters. The normalized spacial score (nSPS) is 12.1. The minimum Gasteiger partial charge on any atom is -0.482 e. The summed E-state index contributed by atoms with van der Waals surface area (Å²) in [6.45, 7) is 10.3. The van der Waals surface area contributed by atoms with Crippen LogP contribution in [0.25, 0.3) is 0 Å². The fraction of sp³-hybridized carbons (Fsp3) is 0.529. The van der Waals surface area contributed by atoms with Crippen LogP contribution in [0.4, 0.5) is 5.69 Å². The van der Waals surface area contributed by atoms with Gasteiger partial charge in [-0.3, -0.25) is 9.59 Å². The van der Waals surface area contributed by atoms with Crippen molar-refractivity contribution in [1.29, 1.82) is 0 Å². The summed E-state index contributed by atoms with van der Waals surface area (Å²) in [6.07, 6.45) is -0.673. The van der Waals surface area contributed by atoms with Crippen molar-refractivity contribution in [3.05, 3.63) is 22.7 Å². The predicted molar refractivity (Wildman–Crippen MR) is 96.8 cm³/mol. The lowest BCUT2D eigenvalue weighted by Gasteiger charge is -2.19. The van der Waals surface area contributed by atoms with Crippen LogP contribution >= 0.6 is 11.6 Å². The van der Waals surface area contributed by atoms with Crippen LogP contribution in [0.3, 0.4) is 0 Å². The third-order valence-electron chi connectivity index (χ3n) is 3.83. The Morgan fingerprint density at radius 1 is 1.33 bits per heavy atom. The smallest absolute Gasteiger partial charge is 0.255 e. The van der Waals surface area contributed by atoms with Gasteiger partial charge in [0, 0.05) is 19.2 Å². The number of nitrogen functional groups attached to an aromatic ring is 1. The molecule has 6 nitrogen and oxygen atoms in total. The number of anilines is 1. The van der Waals surface area contributed by atoms with Gasteiger partial charge in [-0.1, -0.05) is 25.4 Å². The number of hydrogen-bond donors (Lipinski definition) is 2. The SMILES string of the molecule is CCN(CC)CCNC(=O)c1cc(Cl)c(N)cc1OC(C)C(C)=O. The number of carbonyl (C=O) groups excluding carboxylic acids is 2. The molecule has 0 saturated heterocycles. The highest BCUT2D eigenvalue weighted by Gasteiger charge is 2.19. The number of Topliss-reactive ketones (excluding diaryl/α,β-unsaturated/α-hetero) is 1. The van der Waals surface area contributed by atoms with E-state index in [2.05, 4.69) is 24.1 Å². The molecule has 1 aromatic carbocycles. The van der Waals surface area contributed by atoms with E-state index in [1.54, 1.807) is 6.92 Å². The molecule has 0 aliphatic heterocycles. The maximum absolute atomic E-state index is 12.4. The van der Waals surface area contributed by atoms with Gasteiger partial charge in [-0.05, 0) is 33.0 Å². The van der Waals surface area contributed by atoms with Crippen LogP contribution in [0.2, 0.25) is 5.02 Å². The zero-order valence-corrected chi connectivity index (χ0v) is 15.4. The summed E-state index contributed by atoms with van der Waals surface area (Å²) in [7, 11) is 0. The monoisotopic (exact) mass is 355 g/mol. The van der Waals surface area contributed by atoms with Crippen molar-refractivity contribution in [3.63, 3.8) is 0 Å². The molecule has 134 valence electrons. The van der Waals surface area contributed by atoms with Gasteiger partial charge in [-0.15, -0.1) is 0 Å². The summed E-state index contributed by atoms with van der Waals surface area (Å²) < 4.78 is 5.57. The van der Waals surface area contributed by atoms with Crippen molar-refractivity contribution in [2.45, 2.75) is 33.8 Å². The third kappa shape index (κ3) is 5.69. The van der Waals surface area contributed by atoms with Gasteiger partial charge in [0.05, 0.1) is 16.3 Å². The second kappa shape index (κ2) is 9.49. The molecule has 0 heterocycles. The van der Waals surface area contributed by atoms with Gasteiger partial charge in [-0.2, -0.15) is 0 Å². The fourth-order valence-electron chi connectivity index (χ4n) is 2.08. The lowest BCUT2D eigenvalue weighted by atomic mass is 10.1. The molecule has 1 rings (SSSR count). The molecular weight excluding hydrogens is 330 g/mol. The highest BCUT2D eigenvalue weighted by Crippen LogP contribution is 2.29. The van der Waals surface area contributed by atoms with Gasteiger partial charge in [0.2, 0.25) is 0 Å². The van der Waals surface area contributed by atoms with E-state index in [-0.39, 0.29) is 28.0 Å². The molecule has 3 N–H and O–H groups in total. The van der Waals surface area contributed by atoms with Crippen LogP contribution in [0, 0.1) is 0 Å². The Balaban J connectivity index is 2.89. The van der Waals surface area contributed by atoms with Gasteiger partial charge < -0.3 is 20.7 Å². The largest absolute Gasteiger partial charge is 0.482 e. The number of ether oxygens (including phenoxy) is 1. The number of likely N-dealkylation sites (N-methyl/N-ethyl adjacent to an activating group) is 1. The lowest BCUT2D eigenvalue weighted by Crippen LogP contribution is -2.35. The molecule has 0 saturated carbocycles. The van der Waals surface area contributed by atoms with Crippen molar-refractivity contribution >= 4 is 29.0 Å². The molecule has 0 aliphatic rings. The average molecular weight is 356 g/mol. The summed E-state index contributed by atoms with van der Waals surface area (Å²) in [5.74, 6) is -0.203. The molecular formula is C17H26ClN3O3. The minimum absolute atomic E-state index is 0.142. The van der Waals surface area contributed by atoms with Crippen LogP contribution in [-0.2, 0) is 4.79 Å². The van der Waals surface area contributed by atoms with Crippen LogP contribution < -0.4 is 15.8 Å². The van der Waals surface area contributed by atoms with E-state index in [9.17, 15) is 9.59 Å². The fourth-order valence-corrected chi connectivity index (χ4v) is 2.24. The van der Waals surface area contributed by atoms with Crippen molar-refractivity contribution in [2.75, 3.05) is 31.9 Å². The van der Waals surface area contributed by atoms with Crippen molar-refractivity contribution in [2.24, 2.45) is 0 Å². The van der Waals surface area contributed by atoms with Crippen LogP contribution in [0.5, 0.6) is 5.75 Å². The van der Waals surface area contributed by atoms with Crippen molar-refractivity contribution in [3.8, 4) is 5.75 Å². The standard InChI is InChI=1S/C17H26ClN3O3/c1-5-21(6-2)8-7-20-17(23)13-9-14(18)15(19)10-16(13)24-12(4)11(3)22/h9-10,12H,5-8,19H2,1-4H3,(H,20,23). The van der Waals surface area contributed by atoms with Gasteiger partial charge in [0.15, 0.2) is 11.9 Å². The van der Waals surface area contributed by atoms with Gasteiger partial charge in [0.1, 0.15) is 5.75 Å². The Bertz CT molecular complexity index is 589. The van der Waals surface area contributed by atoms with Crippen LogP contribution in [0.15, 0.2) is 12.1 Å². The summed E-state index contributed by atoms with van der Waals surface area (Å²) in [4.78, 5) is 26.1. The summed E-state index contributed by atoms with van der Waals surface area (Å²) >= 11 is 6.02. The zero-order valence-electron chi connectivity index (χ0n) is 14.7. The third-order valence-corrected chi connectivity index (χ3v) is 4.16. The number of hydrogen-bond acceptors (Lipinski definition) is 5. The number of nitrogens with zero attached hydrogens (tertiary/aromatic N) is 1. The van der Waals surface area contributed by atoms with Gasteiger partial charge in [0.25, 0.3) is 5.91 Å². The Morgan fingerprint density at radius 3 is 2.50 bits per heavy atom. The first kappa shape index (κ1) is 20.3. The topological polar surface area (TPSA) is 84.7 Å². The quantitative estimate of drug-likeness (QED) is 0.664. The first-order chi connectivity index (χ1) is 11.3. The number of benzene rings is 1. The maximum atomic E-state index is 12.4. The van der Waals surface area contributed by atoms with E-state index < -0.39 is 6.10 Å². The molecule has 0 aliphatic carbocycles. The number of nitrogens with two attached hydrogens (primary N) is 1. The Morgan fingerprint density at radius 2 is 1.96 bits per heavy atom. The first-order valence-corrected chi connectivity index (χ1v) is 8.44. The Hall–Kier alpha value is -1.79. The highest BCUT2D eigenvalue weighted by molar-refractivity contribution is 6.33. The van der Waals surface area contributed by atoms with E-state index in [1.807, 2.05) is 0 Å². The van der Waals surface area contributed by atoms with Crippen LogP contribution in [-0.4, -0.2) is 48.9 Å². The lowest BCUT2D eigenvalue weighted by molar-refractivity contribution is -0.122. The molecule has 0 spiro atoms. The molecule has 0 fully saturated rings. The number of amides is 1. The van der Waals surface area contributed by atoms with Gasteiger partial charge in [-0.25, -0.2) is 0 Å². The Kier molecular flexibility index (Phi) is 8.01. The van der Waals surface area contributed by atoms with E-state index in [4.69, 9.17) is 22.1 Å². The van der Waals surface area contributed by atoms with E-state index in [0.717, 1.165) is 19.6 Å². The van der Waals surface area contributed by atoms with E-state index in [0.29, 0.717) is 12.2 Å². The summed E-state index contributed by atoms with van der Waals surface area (Å²) in [6, 6.07) is 2.94. The van der Waals surface area contributed by atoms with Gasteiger partial charge >= 0.3 is 0 Å². The molecule has 24 heavy (non-hydrogen) atoms. The van der Waals surface area contributed by atoms with E-state index in [1.165, 1.54) is 19.1 Å². The predicted octanol–water partition coefficient (Wildman–Crippen LogP) is 2.35. The van der Waals surface area contributed by atoms with E-state index >= 15 is 0 Å².